The number of nitrogen functional groups attached to an aromatic ring is 1. The second-order valence-electron chi connectivity index (χ2n) is 3.41. The normalized spacial score (nSPS) is 10.0. The molecular formula is C12H12ClN3O. The second-order valence-corrected chi connectivity index (χ2v) is 3.82. The van der Waals surface area contributed by atoms with Crippen molar-refractivity contribution >= 4 is 28.8 Å². The smallest absolute Gasteiger partial charge is 0.153 e. The minimum atomic E-state index is 0.561. The third-order valence-electron chi connectivity index (χ3n) is 2.27. The van der Waals surface area contributed by atoms with Gasteiger partial charge in [0, 0.05) is 12.3 Å². The summed E-state index contributed by atoms with van der Waals surface area (Å²) in [5, 5.41) is 3.65. The minimum absolute atomic E-state index is 0.561. The average molecular weight is 250 g/mol. The minimum Gasteiger partial charge on any atom is -0.497 e. The lowest BCUT2D eigenvalue weighted by atomic mass is 10.3. The highest BCUT2D eigenvalue weighted by Gasteiger charge is 2.05. The average Bonchev–Trinajstić information content (AvgIpc) is 2.35. The highest BCUT2D eigenvalue weighted by atomic mass is 35.5. The Hall–Kier alpha value is -1.94. The van der Waals surface area contributed by atoms with Gasteiger partial charge in [-0.15, -0.1) is 0 Å². The standard InChI is InChI=1S/C12H12ClN3O/c1-17-8-4-5-9(13)11(7-8)16-12-10(14)3-2-6-15-12/h2-7H,14H2,1H3,(H,15,16). The Balaban J connectivity index is 2.32. The van der Waals surface area contributed by atoms with E-state index in [2.05, 4.69) is 10.3 Å². The largest absolute Gasteiger partial charge is 0.497 e. The summed E-state index contributed by atoms with van der Waals surface area (Å²) in [7, 11) is 1.60. The van der Waals surface area contributed by atoms with Gasteiger partial charge in [0.05, 0.1) is 23.5 Å². The summed E-state index contributed by atoms with van der Waals surface area (Å²) >= 11 is 6.07. The Morgan fingerprint density at radius 3 is 2.88 bits per heavy atom. The Labute approximate surface area is 104 Å². The van der Waals surface area contributed by atoms with Crippen molar-refractivity contribution in [2.45, 2.75) is 0 Å². The van der Waals surface area contributed by atoms with E-state index < -0.39 is 0 Å². The van der Waals surface area contributed by atoms with Crippen molar-refractivity contribution in [3.8, 4) is 5.75 Å². The fourth-order valence-electron chi connectivity index (χ4n) is 1.38. The van der Waals surface area contributed by atoms with E-state index in [1.165, 1.54) is 0 Å². The van der Waals surface area contributed by atoms with Crippen molar-refractivity contribution in [1.82, 2.24) is 4.98 Å². The second kappa shape index (κ2) is 4.93. The van der Waals surface area contributed by atoms with Crippen LogP contribution >= 0.6 is 11.6 Å². The number of nitrogens with one attached hydrogen (secondary N) is 1. The van der Waals surface area contributed by atoms with Crippen LogP contribution in [0.3, 0.4) is 0 Å². The van der Waals surface area contributed by atoms with E-state index in [9.17, 15) is 0 Å². The number of hydrogen-bond acceptors (Lipinski definition) is 4. The van der Waals surface area contributed by atoms with E-state index in [0.717, 1.165) is 0 Å². The number of hydrogen-bond donors (Lipinski definition) is 2. The van der Waals surface area contributed by atoms with E-state index in [1.807, 2.05) is 0 Å². The van der Waals surface area contributed by atoms with Crippen LogP contribution in [-0.2, 0) is 0 Å². The molecule has 0 bridgehead atoms. The number of halogens is 1. The molecule has 0 unspecified atom stereocenters. The fraction of sp³-hybridized carbons (Fsp3) is 0.0833. The molecule has 0 aliphatic carbocycles. The van der Waals surface area contributed by atoms with Gasteiger partial charge in [0.15, 0.2) is 5.82 Å². The quantitative estimate of drug-likeness (QED) is 0.878. The van der Waals surface area contributed by atoms with E-state index >= 15 is 0 Å². The molecule has 0 radical (unpaired) electrons. The van der Waals surface area contributed by atoms with Gasteiger partial charge in [-0.1, -0.05) is 11.6 Å². The predicted octanol–water partition coefficient (Wildman–Crippen LogP) is 3.07. The van der Waals surface area contributed by atoms with Crippen molar-refractivity contribution in [3.05, 3.63) is 41.6 Å². The number of methoxy groups -OCH3 is 1. The number of anilines is 3. The van der Waals surface area contributed by atoms with Crippen molar-refractivity contribution in [3.63, 3.8) is 0 Å². The molecule has 0 aliphatic rings. The van der Waals surface area contributed by atoms with Crippen LogP contribution in [0, 0.1) is 0 Å². The molecule has 0 atom stereocenters. The van der Waals surface area contributed by atoms with Gasteiger partial charge in [-0.25, -0.2) is 4.98 Å². The molecule has 17 heavy (non-hydrogen) atoms. The zero-order valence-corrected chi connectivity index (χ0v) is 10.0. The van der Waals surface area contributed by atoms with Crippen LogP contribution in [0.15, 0.2) is 36.5 Å². The maximum atomic E-state index is 6.07. The summed E-state index contributed by atoms with van der Waals surface area (Å²) in [5.41, 5.74) is 7.06. The number of benzene rings is 1. The van der Waals surface area contributed by atoms with Crippen LogP contribution in [0.2, 0.25) is 5.02 Å². The van der Waals surface area contributed by atoms with Crippen LogP contribution in [0.1, 0.15) is 0 Å². The van der Waals surface area contributed by atoms with Gasteiger partial charge >= 0.3 is 0 Å². The Kier molecular flexibility index (Phi) is 3.35. The zero-order chi connectivity index (χ0) is 12.3. The van der Waals surface area contributed by atoms with Gasteiger partial charge < -0.3 is 15.8 Å². The summed E-state index contributed by atoms with van der Waals surface area (Å²) < 4.78 is 5.13. The van der Waals surface area contributed by atoms with E-state index in [1.54, 1.807) is 43.6 Å². The molecule has 88 valence electrons. The molecule has 1 heterocycles. The Morgan fingerprint density at radius 2 is 2.18 bits per heavy atom. The highest BCUT2D eigenvalue weighted by Crippen LogP contribution is 2.30. The monoisotopic (exact) mass is 249 g/mol. The molecule has 0 spiro atoms. The molecule has 0 fully saturated rings. The summed E-state index contributed by atoms with van der Waals surface area (Å²) in [6.45, 7) is 0. The Morgan fingerprint density at radius 1 is 1.35 bits per heavy atom. The van der Waals surface area contributed by atoms with Gasteiger partial charge in [0.25, 0.3) is 0 Å². The first-order valence-electron chi connectivity index (χ1n) is 5.02. The molecule has 0 saturated carbocycles. The van der Waals surface area contributed by atoms with Gasteiger partial charge in [-0.2, -0.15) is 0 Å². The molecule has 4 nitrogen and oxygen atoms in total. The highest BCUT2D eigenvalue weighted by molar-refractivity contribution is 6.33. The van der Waals surface area contributed by atoms with Crippen molar-refractivity contribution in [1.29, 1.82) is 0 Å². The molecule has 3 N–H and O–H groups in total. The lowest BCUT2D eigenvalue weighted by Gasteiger charge is -2.10. The van der Waals surface area contributed by atoms with Gasteiger partial charge in [0.2, 0.25) is 0 Å². The first kappa shape index (κ1) is 11.5. The van der Waals surface area contributed by atoms with E-state index in [4.69, 9.17) is 22.1 Å². The lowest BCUT2D eigenvalue weighted by molar-refractivity contribution is 0.415. The van der Waals surface area contributed by atoms with Crippen LogP contribution < -0.4 is 15.8 Å². The van der Waals surface area contributed by atoms with Gasteiger partial charge in [-0.3, -0.25) is 0 Å². The number of rotatable bonds is 3. The summed E-state index contributed by atoms with van der Waals surface area (Å²) in [5.74, 6) is 1.29. The van der Waals surface area contributed by atoms with Crippen LogP contribution in [0.25, 0.3) is 0 Å². The van der Waals surface area contributed by atoms with E-state index in [-0.39, 0.29) is 0 Å². The summed E-state index contributed by atoms with van der Waals surface area (Å²) in [4.78, 5) is 4.13. The fourth-order valence-corrected chi connectivity index (χ4v) is 1.54. The summed E-state index contributed by atoms with van der Waals surface area (Å²) in [6.07, 6.45) is 1.66. The molecule has 2 rings (SSSR count). The number of nitrogens with two attached hydrogens (primary N) is 1. The van der Waals surface area contributed by atoms with Crippen molar-refractivity contribution in [2.24, 2.45) is 0 Å². The third kappa shape index (κ3) is 2.60. The summed E-state index contributed by atoms with van der Waals surface area (Å²) in [6, 6.07) is 8.87. The van der Waals surface area contributed by atoms with Gasteiger partial charge in [0.1, 0.15) is 5.75 Å². The number of pyridine rings is 1. The first-order chi connectivity index (χ1) is 8.20. The molecule has 0 aliphatic heterocycles. The van der Waals surface area contributed by atoms with E-state index in [0.29, 0.717) is 28.0 Å². The number of ether oxygens (including phenoxy) is 1. The topological polar surface area (TPSA) is 60.2 Å². The predicted molar refractivity (Wildman–Crippen MR) is 69.9 cm³/mol. The van der Waals surface area contributed by atoms with Crippen molar-refractivity contribution < 1.29 is 4.74 Å². The lowest BCUT2D eigenvalue weighted by Crippen LogP contribution is -1.99. The number of aromatic nitrogens is 1. The molecule has 0 amide bonds. The first-order valence-corrected chi connectivity index (χ1v) is 5.39. The van der Waals surface area contributed by atoms with Gasteiger partial charge in [-0.05, 0) is 24.3 Å². The molecule has 1 aromatic heterocycles. The SMILES string of the molecule is COc1ccc(Cl)c(Nc2ncccc2N)c1. The van der Waals surface area contributed by atoms with Crippen LogP contribution in [0.4, 0.5) is 17.2 Å². The zero-order valence-electron chi connectivity index (χ0n) is 9.27. The molecule has 5 heteroatoms. The van der Waals surface area contributed by atoms with Crippen LogP contribution in [-0.4, -0.2) is 12.1 Å². The number of nitrogens with zero attached hydrogens (tertiary/aromatic N) is 1. The maximum Gasteiger partial charge on any atom is 0.153 e. The third-order valence-corrected chi connectivity index (χ3v) is 2.60. The molecular weight excluding hydrogens is 238 g/mol. The molecule has 1 aromatic carbocycles. The molecule has 2 aromatic rings. The molecule has 0 saturated heterocycles. The van der Waals surface area contributed by atoms with Crippen LogP contribution in [0.5, 0.6) is 5.75 Å². The Bertz CT molecular complexity index is 531. The maximum absolute atomic E-state index is 6.07. The van der Waals surface area contributed by atoms with Crippen molar-refractivity contribution in [2.75, 3.05) is 18.2 Å².